The Morgan fingerprint density at radius 3 is 2.70 bits per heavy atom. The van der Waals surface area contributed by atoms with E-state index in [0.29, 0.717) is 12.1 Å². The van der Waals surface area contributed by atoms with Crippen LogP contribution in [0.2, 0.25) is 0 Å². The molecule has 1 saturated carbocycles. The molecule has 4 amide bonds. The average Bonchev–Trinajstić information content (AvgIpc) is 2.95. The number of nitrogens with zero attached hydrogens (tertiary/aromatic N) is 2. The monoisotopic (exact) mass is 412 g/mol. The second kappa shape index (κ2) is 8.95. The molecular weight excluding hydrogens is 388 g/mol. The summed E-state index contributed by atoms with van der Waals surface area (Å²) in [4.78, 5) is 50.1. The van der Waals surface area contributed by atoms with Crippen molar-refractivity contribution in [3.63, 3.8) is 0 Å². The van der Waals surface area contributed by atoms with E-state index >= 15 is 0 Å². The summed E-state index contributed by atoms with van der Waals surface area (Å²) in [6.07, 6.45) is 3.51. The van der Waals surface area contributed by atoms with Crippen molar-refractivity contribution in [2.45, 2.75) is 44.6 Å². The van der Waals surface area contributed by atoms with Gasteiger partial charge in [0.1, 0.15) is 12.1 Å². The minimum absolute atomic E-state index is 0.00551. The number of nitrogens with one attached hydrogen (secondary N) is 2. The van der Waals surface area contributed by atoms with Crippen LogP contribution in [0.5, 0.6) is 0 Å². The Kier molecular flexibility index (Phi) is 6.35. The number of imide groups is 1. The van der Waals surface area contributed by atoms with Gasteiger partial charge in [-0.05, 0) is 36.5 Å². The summed E-state index contributed by atoms with van der Waals surface area (Å²) >= 11 is 0. The van der Waals surface area contributed by atoms with Crippen molar-refractivity contribution in [3.05, 3.63) is 29.8 Å². The van der Waals surface area contributed by atoms with Crippen LogP contribution in [0.25, 0.3) is 0 Å². The Balaban J connectivity index is 1.49. The molecule has 0 radical (unpaired) electrons. The molecule has 1 aliphatic heterocycles. The van der Waals surface area contributed by atoms with Crippen molar-refractivity contribution >= 4 is 29.5 Å². The van der Waals surface area contributed by atoms with Gasteiger partial charge in [0.05, 0.1) is 12.5 Å². The van der Waals surface area contributed by atoms with Gasteiger partial charge in [-0.1, -0.05) is 31.9 Å². The van der Waals surface area contributed by atoms with Crippen LogP contribution in [0.3, 0.4) is 0 Å². The predicted octanol–water partition coefficient (Wildman–Crippen LogP) is 1.74. The molecule has 2 N–H and O–H groups in total. The number of benzene rings is 1. The Morgan fingerprint density at radius 2 is 2.03 bits per heavy atom. The number of amides is 4. The number of hydrogen-bond donors (Lipinski definition) is 2. The molecule has 158 valence electrons. The van der Waals surface area contributed by atoms with Crippen LogP contribution in [-0.4, -0.2) is 47.4 Å². The molecule has 2 atom stereocenters. The average molecular weight is 412 g/mol. The number of nitriles is 1. The van der Waals surface area contributed by atoms with Gasteiger partial charge in [-0.15, -0.1) is 0 Å². The van der Waals surface area contributed by atoms with Gasteiger partial charge in [-0.25, -0.2) is 4.79 Å². The van der Waals surface area contributed by atoms with E-state index in [9.17, 15) is 19.2 Å². The van der Waals surface area contributed by atoms with E-state index < -0.39 is 42.5 Å². The summed E-state index contributed by atoms with van der Waals surface area (Å²) in [5.41, 5.74) is 0.380. The number of carbonyl (C=O) groups is 4. The Morgan fingerprint density at radius 1 is 1.30 bits per heavy atom. The summed E-state index contributed by atoms with van der Waals surface area (Å²) in [5.74, 6) is -1.79. The highest BCUT2D eigenvalue weighted by Crippen LogP contribution is 2.38. The third-order valence-corrected chi connectivity index (χ3v) is 5.67. The molecule has 0 bridgehead atoms. The van der Waals surface area contributed by atoms with E-state index in [-0.39, 0.29) is 12.3 Å². The molecule has 3 rings (SSSR count). The van der Waals surface area contributed by atoms with Gasteiger partial charge < -0.3 is 15.4 Å². The second-order valence-electron chi connectivity index (χ2n) is 7.68. The van der Waals surface area contributed by atoms with Crippen molar-refractivity contribution in [3.8, 4) is 6.07 Å². The van der Waals surface area contributed by atoms with E-state index in [1.165, 1.54) is 0 Å². The predicted molar refractivity (Wildman–Crippen MR) is 106 cm³/mol. The number of esters is 1. The van der Waals surface area contributed by atoms with Crippen molar-refractivity contribution in [1.29, 1.82) is 5.26 Å². The topological polar surface area (TPSA) is 129 Å². The van der Waals surface area contributed by atoms with E-state index in [0.717, 1.165) is 29.7 Å². The third-order valence-electron chi connectivity index (χ3n) is 5.67. The van der Waals surface area contributed by atoms with Crippen LogP contribution in [0.4, 0.5) is 10.5 Å². The second-order valence-corrected chi connectivity index (χ2v) is 7.68. The molecule has 30 heavy (non-hydrogen) atoms. The lowest BCUT2D eigenvalue weighted by atomic mass is 9.73. The molecule has 1 aromatic carbocycles. The number of hydrogen-bond acceptors (Lipinski definition) is 6. The highest BCUT2D eigenvalue weighted by molar-refractivity contribution is 6.09. The summed E-state index contributed by atoms with van der Waals surface area (Å²) in [5, 5.41) is 14.0. The van der Waals surface area contributed by atoms with Crippen LogP contribution in [0.1, 0.15) is 38.2 Å². The molecule has 2 aliphatic rings. The molecule has 2 fully saturated rings. The molecule has 1 saturated heterocycles. The maximum absolute atomic E-state index is 12.8. The van der Waals surface area contributed by atoms with Gasteiger partial charge in [-0.2, -0.15) is 5.26 Å². The van der Waals surface area contributed by atoms with Crippen LogP contribution in [-0.2, 0) is 25.5 Å². The van der Waals surface area contributed by atoms with Crippen molar-refractivity contribution in [1.82, 2.24) is 10.2 Å². The first-order valence-corrected chi connectivity index (χ1v) is 9.91. The first-order chi connectivity index (χ1) is 14.4. The Hall–Kier alpha value is -3.41. The van der Waals surface area contributed by atoms with Gasteiger partial charge in [0, 0.05) is 5.69 Å². The zero-order chi connectivity index (χ0) is 21.7. The molecular formula is C21H24N4O5. The van der Waals surface area contributed by atoms with E-state index in [4.69, 9.17) is 10.00 Å². The van der Waals surface area contributed by atoms with Crippen molar-refractivity contribution in [2.24, 2.45) is 5.92 Å². The first-order valence-electron chi connectivity index (χ1n) is 9.91. The normalized spacial score (nSPS) is 23.1. The molecule has 1 aliphatic carbocycles. The number of carbonyl (C=O) groups excluding carboxylic acids is 4. The smallest absolute Gasteiger partial charge is 0.326 e. The molecule has 0 aromatic heterocycles. The fourth-order valence-corrected chi connectivity index (χ4v) is 3.95. The van der Waals surface area contributed by atoms with Crippen LogP contribution >= 0.6 is 0 Å². The van der Waals surface area contributed by atoms with Gasteiger partial charge >= 0.3 is 12.0 Å². The molecule has 1 aromatic rings. The largest absolute Gasteiger partial charge is 0.454 e. The Labute approximate surface area is 174 Å². The summed E-state index contributed by atoms with van der Waals surface area (Å²) in [6.45, 7) is 0.857. The van der Waals surface area contributed by atoms with Crippen LogP contribution in [0.15, 0.2) is 24.3 Å². The van der Waals surface area contributed by atoms with Gasteiger partial charge in [0.15, 0.2) is 6.61 Å². The molecule has 1 spiro atoms. The van der Waals surface area contributed by atoms with Crippen LogP contribution in [0, 0.1) is 17.2 Å². The fraction of sp³-hybridized carbons (Fsp3) is 0.476. The number of anilines is 1. The molecule has 9 heteroatoms. The van der Waals surface area contributed by atoms with Crippen LogP contribution < -0.4 is 10.6 Å². The highest BCUT2D eigenvalue weighted by Gasteiger charge is 2.55. The van der Waals surface area contributed by atoms with E-state index in [1.54, 1.807) is 24.3 Å². The standard InChI is InChI=1S/C21H24N4O5/c1-14-4-2-3-10-21(14)19(28)25(20(29)24-21)12-18(27)30-13-17(26)23-16-7-5-15(6-8-16)9-11-22/h5-8,14H,2-4,9-10,12-13H2,1H3,(H,23,26)(H,24,29). The lowest BCUT2D eigenvalue weighted by molar-refractivity contribution is -0.150. The van der Waals surface area contributed by atoms with E-state index in [1.807, 2.05) is 13.0 Å². The maximum Gasteiger partial charge on any atom is 0.326 e. The van der Waals surface area contributed by atoms with Crippen molar-refractivity contribution in [2.75, 3.05) is 18.5 Å². The lowest BCUT2D eigenvalue weighted by Gasteiger charge is -2.36. The fourth-order valence-electron chi connectivity index (χ4n) is 3.95. The maximum atomic E-state index is 12.8. The van der Waals surface area contributed by atoms with Gasteiger partial charge in [0.25, 0.3) is 11.8 Å². The quantitative estimate of drug-likeness (QED) is 0.541. The van der Waals surface area contributed by atoms with E-state index in [2.05, 4.69) is 10.6 Å². The number of ether oxygens (including phenoxy) is 1. The first kappa shape index (κ1) is 21.3. The summed E-state index contributed by atoms with van der Waals surface area (Å²) < 4.78 is 4.93. The SMILES string of the molecule is CC1CCCCC12NC(=O)N(CC(=O)OCC(=O)Nc1ccc(CC#N)cc1)C2=O. The third kappa shape index (κ3) is 4.43. The highest BCUT2D eigenvalue weighted by atomic mass is 16.5. The summed E-state index contributed by atoms with van der Waals surface area (Å²) in [6, 6.07) is 8.14. The molecule has 1 heterocycles. The van der Waals surface area contributed by atoms with Gasteiger partial charge in [-0.3, -0.25) is 19.3 Å². The number of urea groups is 1. The zero-order valence-electron chi connectivity index (χ0n) is 16.8. The lowest BCUT2D eigenvalue weighted by Crippen LogP contribution is -2.54. The van der Waals surface area contributed by atoms with Gasteiger partial charge in [0.2, 0.25) is 0 Å². The zero-order valence-corrected chi connectivity index (χ0v) is 16.8. The summed E-state index contributed by atoms with van der Waals surface area (Å²) in [7, 11) is 0. The van der Waals surface area contributed by atoms with Crippen molar-refractivity contribution < 1.29 is 23.9 Å². The minimum atomic E-state index is -0.940. The molecule has 2 unspecified atom stereocenters. The molecule has 9 nitrogen and oxygen atoms in total. The minimum Gasteiger partial charge on any atom is -0.454 e. The Bertz CT molecular complexity index is 892. The number of rotatable bonds is 6.